The van der Waals surface area contributed by atoms with Crippen LogP contribution >= 0.6 is 0 Å². The monoisotopic (exact) mass is 220 g/mol. The lowest BCUT2D eigenvalue weighted by atomic mass is 10.1. The van der Waals surface area contributed by atoms with Gasteiger partial charge in [0.25, 0.3) is 0 Å². The first kappa shape index (κ1) is 11.5. The summed E-state index contributed by atoms with van der Waals surface area (Å²) < 4.78 is 36.2. The smallest absolute Gasteiger partial charge is 0.418 e. The summed E-state index contributed by atoms with van der Waals surface area (Å²) in [6.07, 6.45) is -7.45. The first-order valence-electron chi connectivity index (χ1n) is 3.90. The van der Waals surface area contributed by atoms with E-state index < -0.39 is 23.8 Å². The number of carboxylic acid groups (broad SMARTS) is 1. The number of carbonyl (C=O) groups is 1. The predicted octanol–water partition coefficient (Wildman–Crippen LogP) is 1.98. The molecule has 0 unspecified atom stereocenters. The van der Waals surface area contributed by atoms with Crippen LogP contribution in [0.1, 0.15) is 22.0 Å². The summed E-state index contributed by atoms with van der Waals surface area (Å²) in [6.45, 7) is 0. The van der Waals surface area contributed by atoms with Gasteiger partial charge in [0.1, 0.15) is 0 Å². The van der Waals surface area contributed by atoms with Crippen molar-refractivity contribution in [3.8, 4) is 0 Å². The van der Waals surface area contributed by atoms with Crippen LogP contribution in [0.25, 0.3) is 0 Å². The maximum Gasteiger partial charge on any atom is 0.418 e. The highest BCUT2D eigenvalue weighted by atomic mass is 19.4. The highest BCUT2D eigenvalue weighted by Gasteiger charge is 2.39. The van der Waals surface area contributed by atoms with Gasteiger partial charge >= 0.3 is 12.1 Å². The zero-order valence-electron chi connectivity index (χ0n) is 7.32. The first-order valence-corrected chi connectivity index (χ1v) is 3.90. The molecule has 1 atom stereocenters. The molecule has 6 heteroatoms. The SMILES string of the molecule is O=C(O)c1cccc([C@H](O)C(F)(F)F)c1. The van der Waals surface area contributed by atoms with Crippen LogP contribution in [-0.2, 0) is 0 Å². The second-order valence-corrected chi connectivity index (χ2v) is 2.87. The highest BCUT2D eigenvalue weighted by Crippen LogP contribution is 2.32. The van der Waals surface area contributed by atoms with Gasteiger partial charge in [-0.2, -0.15) is 13.2 Å². The molecule has 0 bridgehead atoms. The number of alkyl halides is 3. The van der Waals surface area contributed by atoms with Crippen molar-refractivity contribution in [3.05, 3.63) is 35.4 Å². The molecule has 0 aliphatic carbocycles. The Morgan fingerprint density at radius 3 is 2.40 bits per heavy atom. The van der Waals surface area contributed by atoms with Gasteiger partial charge in [-0.25, -0.2) is 4.79 Å². The number of rotatable bonds is 2. The van der Waals surface area contributed by atoms with Crippen molar-refractivity contribution in [2.45, 2.75) is 12.3 Å². The average Bonchev–Trinajstić information content (AvgIpc) is 2.15. The highest BCUT2D eigenvalue weighted by molar-refractivity contribution is 5.87. The fourth-order valence-corrected chi connectivity index (χ4v) is 1.03. The van der Waals surface area contributed by atoms with Crippen LogP contribution in [0.2, 0.25) is 0 Å². The van der Waals surface area contributed by atoms with Gasteiger partial charge in [0.2, 0.25) is 0 Å². The minimum atomic E-state index is -4.79. The average molecular weight is 220 g/mol. The molecule has 82 valence electrons. The van der Waals surface area contributed by atoms with E-state index in [4.69, 9.17) is 10.2 Å². The van der Waals surface area contributed by atoms with Gasteiger partial charge < -0.3 is 10.2 Å². The molecule has 15 heavy (non-hydrogen) atoms. The Morgan fingerprint density at radius 2 is 1.93 bits per heavy atom. The van der Waals surface area contributed by atoms with E-state index in [2.05, 4.69) is 0 Å². The number of benzene rings is 1. The Bertz CT molecular complexity index is 373. The van der Waals surface area contributed by atoms with Crippen LogP contribution < -0.4 is 0 Å². The summed E-state index contributed by atoms with van der Waals surface area (Å²) in [4.78, 5) is 10.5. The van der Waals surface area contributed by atoms with Gasteiger partial charge in [0.15, 0.2) is 6.10 Å². The van der Waals surface area contributed by atoms with E-state index in [1.165, 1.54) is 0 Å². The quantitative estimate of drug-likeness (QED) is 0.801. The molecule has 0 aliphatic rings. The largest absolute Gasteiger partial charge is 0.478 e. The summed E-state index contributed by atoms with van der Waals surface area (Å²) in [5.74, 6) is -1.34. The van der Waals surface area contributed by atoms with Crippen molar-refractivity contribution in [2.75, 3.05) is 0 Å². The lowest BCUT2D eigenvalue weighted by molar-refractivity contribution is -0.206. The van der Waals surface area contributed by atoms with E-state index in [9.17, 15) is 18.0 Å². The van der Waals surface area contributed by atoms with Gasteiger partial charge in [-0.15, -0.1) is 0 Å². The molecular weight excluding hydrogens is 213 g/mol. The molecular formula is C9H7F3O3. The lowest BCUT2D eigenvalue weighted by Crippen LogP contribution is -2.20. The number of aliphatic hydroxyl groups is 1. The van der Waals surface area contributed by atoms with Crippen LogP contribution in [-0.4, -0.2) is 22.4 Å². The van der Waals surface area contributed by atoms with E-state index in [0.717, 1.165) is 24.3 Å². The lowest BCUT2D eigenvalue weighted by Gasteiger charge is -2.14. The summed E-state index contributed by atoms with van der Waals surface area (Å²) in [5, 5.41) is 17.4. The van der Waals surface area contributed by atoms with Gasteiger partial charge in [-0.05, 0) is 17.7 Å². The number of halogens is 3. The topological polar surface area (TPSA) is 57.5 Å². The standard InChI is InChI=1S/C9H7F3O3/c10-9(11,12)7(13)5-2-1-3-6(4-5)8(14)15/h1-4,7,13H,(H,14,15)/t7-/m0/s1. The molecule has 1 aromatic rings. The van der Waals surface area contributed by atoms with Crippen molar-refractivity contribution in [1.29, 1.82) is 0 Å². The Kier molecular flexibility index (Phi) is 2.99. The summed E-state index contributed by atoms with van der Waals surface area (Å²) in [5.41, 5.74) is -0.779. The number of hydrogen-bond acceptors (Lipinski definition) is 2. The molecule has 1 aromatic carbocycles. The summed E-state index contributed by atoms with van der Waals surface area (Å²) in [7, 11) is 0. The van der Waals surface area contributed by atoms with Crippen molar-refractivity contribution in [2.24, 2.45) is 0 Å². The van der Waals surface area contributed by atoms with Crippen LogP contribution in [0.5, 0.6) is 0 Å². The Hall–Kier alpha value is -1.56. The third-order valence-corrected chi connectivity index (χ3v) is 1.76. The molecule has 0 heterocycles. The van der Waals surface area contributed by atoms with E-state index in [1.807, 2.05) is 0 Å². The number of carboxylic acids is 1. The fraction of sp³-hybridized carbons (Fsp3) is 0.222. The van der Waals surface area contributed by atoms with E-state index in [-0.39, 0.29) is 5.56 Å². The molecule has 0 aliphatic heterocycles. The molecule has 2 N–H and O–H groups in total. The molecule has 0 spiro atoms. The third kappa shape index (κ3) is 2.69. The van der Waals surface area contributed by atoms with Gasteiger partial charge in [-0.3, -0.25) is 0 Å². The zero-order chi connectivity index (χ0) is 11.6. The fourth-order valence-electron chi connectivity index (χ4n) is 1.03. The van der Waals surface area contributed by atoms with Crippen LogP contribution in [0, 0.1) is 0 Å². The molecule has 0 saturated heterocycles. The second kappa shape index (κ2) is 3.90. The Labute approximate surface area is 82.8 Å². The molecule has 0 amide bonds. The minimum absolute atomic E-state index is 0.296. The Balaban J connectivity index is 3.06. The van der Waals surface area contributed by atoms with E-state index >= 15 is 0 Å². The van der Waals surface area contributed by atoms with Crippen LogP contribution in [0.4, 0.5) is 13.2 Å². The predicted molar refractivity (Wildman–Crippen MR) is 44.4 cm³/mol. The molecule has 0 saturated carbocycles. The van der Waals surface area contributed by atoms with Crippen molar-refractivity contribution >= 4 is 5.97 Å². The molecule has 0 radical (unpaired) electrons. The molecule has 1 rings (SSSR count). The van der Waals surface area contributed by atoms with E-state index in [0.29, 0.717) is 0 Å². The van der Waals surface area contributed by atoms with Gasteiger partial charge in [0, 0.05) is 0 Å². The molecule has 0 fully saturated rings. The number of aromatic carboxylic acids is 1. The number of aliphatic hydroxyl groups excluding tert-OH is 1. The van der Waals surface area contributed by atoms with Gasteiger partial charge in [-0.1, -0.05) is 12.1 Å². The normalized spacial score (nSPS) is 13.6. The van der Waals surface area contributed by atoms with Crippen molar-refractivity contribution in [3.63, 3.8) is 0 Å². The minimum Gasteiger partial charge on any atom is -0.478 e. The van der Waals surface area contributed by atoms with Crippen LogP contribution in [0.15, 0.2) is 24.3 Å². The zero-order valence-corrected chi connectivity index (χ0v) is 7.32. The molecule has 0 aromatic heterocycles. The number of hydrogen-bond donors (Lipinski definition) is 2. The Morgan fingerprint density at radius 1 is 1.33 bits per heavy atom. The van der Waals surface area contributed by atoms with Crippen LogP contribution in [0.3, 0.4) is 0 Å². The van der Waals surface area contributed by atoms with E-state index in [1.54, 1.807) is 0 Å². The maximum absolute atomic E-state index is 12.1. The van der Waals surface area contributed by atoms with Crippen molar-refractivity contribution in [1.82, 2.24) is 0 Å². The third-order valence-electron chi connectivity index (χ3n) is 1.76. The van der Waals surface area contributed by atoms with Crippen molar-refractivity contribution < 1.29 is 28.2 Å². The maximum atomic E-state index is 12.1. The summed E-state index contributed by atoms with van der Waals surface area (Å²) >= 11 is 0. The molecule has 3 nitrogen and oxygen atoms in total. The summed E-state index contributed by atoms with van der Waals surface area (Å²) in [6, 6.07) is 4.10. The van der Waals surface area contributed by atoms with Gasteiger partial charge in [0.05, 0.1) is 5.56 Å². The second-order valence-electron chi connectivity index (χ2n) is 2.87. The first-order chi connectivity index (χ1) is 6.82.